The van der Waals surface area contributed by atoms with E-state index in [0.29, 0.717) is 12.3 Å². The van der Waals surface area contributed by atoms with E-state index in [1.165, 1.54) is 11.1 Å². The van der Waals surface area contributed by atoms with Crippen LogP contribution < -0.4 is 0 Å². The van der Waals surface area contributed by atoms with E-state index in [1.807, 2.05) is 4.90 Å². The highest BCUT2D eigenvalue weighted by Gasteiger charge is 2.41. The third kappa shape index (κ3) is 4.18. The maximum absolute atomic E-state index is 12.9. The van der Waals surface area contributed by atoms with Crippen LogP contribution in [0, 0.1) is 12.8 Å². The second kappa shape index (κ2) is 8.15. The second-order valence-electron chi connectivity index (χ2n) is 7.50. The van der Waals surface area contributed by atoms with Gasteiger partial charge in [-0.25, -0.2) is 0 Å². The van der Waals surface area contributed by atoms with Crippen molar-refractivity contribution in [2.24, 2.45) is 5.92 Å². The zero-order valence-electron chi connectivity index (χ0n) is 16.0. The Morgan fingerprint density at radius 3 is 2.42 bits per heavy atom. The van der Waals surface area contributed by atoms with Crippen molar-refractivity contribution in [2.75, 3.05) is 19.7 Å². The van der Waals surface area contributed by atoms with Crippen LogP contribution in [-0.2, 0) is 14.9 Å². The lowest BCUT2D eigenvalue weighted by Crippen LogP contribution is -2.45. The fraction of sp³-hybridized carbons (Fsp3) is 0.667. The number of ether oxygens (including phenoxy) is 1. The molecular weight excluding hydrogens is 298 g/mol. The van der Waals surface area contributed by atoms with Crippen LogP contribution in [0.1, 0.15) is 58.1 Å². The third-order valence-corrected chi connectivity index (χ3v) is 5.52. The van der Waals surface area contributed by atoms with Gasteiger partial charge in [0.25, 0.3) is 0 Å². The molecular formula is C21H33NO2. The molecule has 0 unspecified atom stereocenters. The molecule has 0 aromatic heterocycles. The molecule has 3 heteroatoms. The monoisotopic (exact) mass is 331 g/mol. The molecule has 0 radical (unpaired) electrons. The van der Waals surface area contributed by atoms with Gasteiger partial charge in [0.1, 0.15) is 0 Å². The molecule has 1 aromatic rings. The molecule has 1 aliphatic heterocycles. The van der Waals surface area contributed by atoms with Crippen LogP contribution in [0.15, 0.2) is 24.3 Å². The van der Waals surface area contributed by atoms with E-state index in [9.17, 15) is 4.79 Å². The summed E-state index contributed by atoms with van der Waals surface area (Å²) >= 11 is 0. The fourth-order valence-electron chi connectivity index (χ4n) is 3.79. The van der Waals surface area contributed by atoms with Gasteiger partial charge in [0.15, 0.2) is 0 Å². The Kier molecular flexibility index (Phi) is 6.45. The van der Waals surface area contributed by atoms with E-state index in [4.69, 9.17) is 4.74 Å². The summed E-state index contributed by atoms with van der Waals surface area (Å²) in [6.45, 7) is 12.9. The van der Waals surface area contributed by atoms with Crippen LogP contribution in [0.5, 0.6) is 0 Å². The van der Waals surface area contributed by atoms with Crippen LogP contribution >= 0.6 is 0 Å². The van der Waals surface area contributed by atoms with E-state index in [2.05, 4.69) is 58.9 Å². The number of benzene rings is 1. The average Bonchev–Trinajstić information content (AvgIpc) is 2.56. The van der Waals surface area contributed by atoms with Crippen LogP contribution in [0.25, 0.3) is 0 Å². The summed E-state index contributed by atoms with van der Waals surface area (Å²) in [5.41, 5.74) is 2.46. The number of amides is 1. The molecule has 1 heterocycles. The molecule has 0 N–H and O–H groups in total. The molecule has 0 saturated carbocycles. The Balaban J connectivity index is 2.34. The van der Waals surface area contributed by atoms with Crippen molar-refractivity contribution >= 4 is 5.91 Å². The first-order chi connectivity index (χ1) is 11.4. The summed E-state index contributed by atoms with van der Waals surface area (Å²) in [6, 6.07) is 8.76. The zero-order valence-corrected chi connectivity index (χ0v) is 16.0. The maximum atomic E-state index is 12.9. The Bertz CT molecular complexity index is 533. The maximum Gasteiger partial charge on any atom is 0.223 e. The molecule has 2 rings (SSSR count). The minimum atomic E-state index is -0.0967. The number of aryl methyl sites for hydroxylation is 1. The summed E-state index contributed by atoms with van der Waals surface area (Å²) in [5.74, 6) is 0.739. The molecule has 0 spiro atoms. The van der Waals surface area contributed by atoms with Crippen molar-refractivity contribution in [3.8, 4) is 0 Å². The average molecular weight is 332 g/mol. The number of nitrogens with zero attached hydrogens (tertiary/aromatic N) is 1. The summed E-state index contributed by atoms with van der Waals surface area (Å²) in [4.78, 5) is 14.8. The molecule has 1 amide bonds. The highest BCUT2D eigenvalue weighted by molar-refractivity contribution is 5.78. The largest absolute Gasteiger partial charge is 0.378 e. The number of carbonyl (C=O) groups excluding carboxylic acids is 1. The van der Waals surface area contributed by atoms with E-state index >= 15 is 0 Å². The van der Waals surface area contributed by atoms with Crippen LogP contribution in [0.2, 0.25) is 0 Å². The molecule has 1 saturated heterocycles. The number of hydrogen-bond donors (Lipinski definition) is 0. The summed E-state index contributed by atoms with van der Waals surface area (Å²) < 4.78 is 6.01. The number of carbonyl (C=O) groups is 1. The van der Waals surface area contributed by atoms with Gasteiger partial charge in [-0.2, -0.15) is 0 Å². The summed E-state index contributed by atoms with van der Waals surface area (Å²) in [6.07, 6.45) is 2.67. The van der Waals surface area contributed by atoms with E-state index in [1.54, 1.807) is 0 Å². The van der Waals surface area contributed by atoms with E-state index < -0.39 is 0 Å². The topological polar surface area (TPSA) is 29.5 Å². The summed E-state index contributed by atoms with van der Waals surface area (Å²) in [5, 5.41) is 0. The molecule has 3 nitrogen and oxygen atoms in total. The Morgan fingerprint density at radius 2 is 1.88 bits per heavy atom. The van der Waals surface area contributed by atoms with Gasteiger partial charge in [0, 0.05) is 31.5 Å². The first-order valence-corrected chi connectivity index (χ1v) is 9.38. The zero-order chi connectivity index (χ0) is 17.7. The van der Waals surface area contributed by atoms with E-state index in [0.717, 1.165) is 32.5 Å². The van der Waals surface area contributed by atoms with Crippen molar-refractivity contribution in [2.45, 2.75) is 65.4 Å². The fourth-order valence-corrected chi connectivity index (χ4v) is 3.79. The molecule has 0 bridgehead atoms. The normalized spacial score (nSPS) is 24.2. The van der Waals surface area contributed by atoms with Gasteiger partial charge in [-0.05, 0) is 45.1 Å². The Labute approximate surface area is 147 Å². The SMILES string of the molecule is CCN(CC)C(=O)C[C@@]1(c2ccc(C)cc2)CCO[C@@H](C(C)C)C1. The molecule has 24 heavy (non-hydrogen) atoms. The highest BCUT2D eigenvalue weighted by Crippen LogP contribution is 2.42. The van der Waals surface area contributed by atoms with Gasteiger partial charge >= 0.3 is 0 Å². The van der Waals surface area contributed by atoms with Crippen molar-refractivity contribution in [3.63, 3.8) is 0 Å². The van der Waals surface area contributed by atoms with Gasteiger partial charge in [-0.15, -0.1) is 0 Å². The molecule has 1 fully saturated rings. The van der Waals surface area contributed by atoms with Gasteiger partial charge in [-0.1, -0.05) is 43.7 Å². The second-order valence-corrected chi connectivity index (χ2v) is 7.50. The molecule has 134 valence electrons. The lowest BCUT2D eigenvalue weighted by atomic mass is 9.68. The van der Waals surface area contributed by atoms with Crippen LogP contribution in [0.3, 0.4) is 0 Å². The van der Waals surface area contributed by atoms with Crippen LogP contribution in [0.4, 0.5) is 0 Å². The highest BCUT2D eigenvalue weighted by atomic mass is 16.5. The Morgan fingerprint density at radius 1 is 1.25 bits per heavy atom. The van der Waals surface area contributed by atoms with Gasteiger partial charge in [0.2, 0.25) is 5.91 Å². The molecule has 0 aliphatic carbocycles. The number of hydrogen-bond acceptors (Lipinski definition) is 2. The minimum absolute atomic E-state index is 0.0967. The molecule has 1 aliphatic rings. The first-order valence-electron chi connectivity index (χ1n) is 9.38. The van der Waals surface area contributed by atoms with E-state index in [-0.39, 0.29) is 17.4 Å². The predicted octanol–water partition coefficient (Wildman–Crippen LogP) is 4.33. The lowest BCUT2D eigenvalue weighted by molar-refractivity contribution is -0.134. The van der Waals surface area contributed by atoms with Gasteiger partial charge in [-0.3, -0.25) is 4.79 Å². The lowest BCUT2D eigenvalue weighted by Gasteiger charge is -2.43. The smallest absolute Gasteiger partial charge is 0.223 e. The standard InChI is InChI=1S/C21H33NO2/c1-6-22(7-2)20(23)15-21(18-10-8-17(5)9-11-18)12-13-24-19(14-21)16(3)4/h8-11,16,19H,6-7,12-15H2,1-5H3/t19-,21-/m1/s1. The van der Waals surface area contributed by atoms with Gasteiger partial charge < -0.3 is 9.64 Å². The third-order valence-electron chi connectivity index (χ3n) is 5.52. The van der Waals surface area contributed by atoms with Crippen LogP contribution in [-0.4, -0.2) is 36.6 Å². The van der Waals surface area contributed by atoms with Crippen molar-refractivity contribution < 1.29 is 9.53 Å². The first kappa shape index (κ1) is 19.0. The molecule has 1 aromatic carbocycles. The van der Waals surface area contributed by atoms with Crippen molar-refractivity contribution in [1.82, 2.24) is 4.90 Å². The number of rotatable bonds is 6. The predicted molar refractivity (Wildman–Crippen MR) is 99.2 cm³/mol. The van der Waals surface area contributed by atoms with Crippen molar-refractivity contribution in [1.29, 1.82) is 0 Å². The molecule has 2 atom stereocenters. The van der Waals surface area contributed by atoms with Gasteiger partial charge in [0.05, 0.1) is 6.10 Å². The minimum Gasteiger partial charge on any atom is -0.378 e. The van der Waals surface area contributed by atoms with Crippen molar-refractivity contribution in [3.05, 3.63) is 35.4 Å². The Hall–Kier alpha value is -1.35. The summed E-state index contributed by atoms with van der Waals surface area (Å²) in [7, 11) is 0. The quantitative estimate of drug-likeness (QED) is 0.776.